The second-order valence-corrected chi connectivity index (χ2v) is 14.8. The molecule has 0 aliphatic rings. The van der Waals surface area contributed by atoms with Gasteiger partial charge in [-0.05, 0) is 148 Å². The zero-order valence-corrected chi connectivity index (χ0v) is 32.0. The van der Waals surface area contributed by atoms with Crippen LogP contribution >= 0.6 is 0 Å². The second kappa shape index (κ2) is 14.6. The van der Waals surface area contributed by atoms with E-state index in [0.29, 0.717) is 22.7 Å². The van der Waals surface area contributed by atoms with Gasteiger partial charge in [-0.15, -0.1) is 0 Å². The van der Waals surface area contributed by atoms with Crippen molar-refractivity contribution in [3.8, 4) is 11.1 Å². The fraction of sp³-hybridized carbons (Fsp3) is 0.0800. The highest BCUT2D eigenvalue weighted by Crippen LogP contribution is 2.47. The topological polar surface area (TPSA) is 6.48 Å². The third-order valence-corrected chi connectivity index (χ3v) is 11.0. The third kappa shape index (κ3) is 7.34. The number of hydrogen-bond acceptors (Lipinski definition) is 2. The van der Waals surface area contributed by atoms with Crippen molar-refractivity contribution >= 4 is 66.4 Å². The molecule has 0 saturated heterocycles. The molecular weight excluding hydrogens is 800 g/mol. The lowest BCUT2D eigenvalue weighted by Gasteiger charge is -2.28. The Hall–Kier alpha value is -7.01. The van der Waals surface area contributed by atoms with Crippen LogP contribution in [0.3, 0.4) is 0 Å². The van der Waals surface area contributed by atoms with Gasteiger partial charge in [-0.3, -0.25) is 0 Å². The highest BCUT2D eigenvalue weighted by molar-refractivity contribution is 6.27. The van der Waals surface area contributed by atoms with E-state index in [0.717, 1.165) is 96.8 Å². The lowest BCUT2D eigenvalue weighted by atomic mass is 9.89. The van der Waals surface area contributed by atoms with Gasteiger partial charge >= 0.3 is 18.5 Å². The summed E-state index contributed by atoms with van der Waals surface area (Å²) in [5.41, 5.74) is 3.55. The van der Waals surface area contributed by atoms with E-state index >= 15 is 0 Å². The fourth-order valence-electron chi connectivity index (χ4n) is 7.99. The van der Waals surface area contributed by atoms with E-state index < -0.39 is 35.2 Å². The van der Waals surface area contributed by atoms with Crippen LogP contribution in [0, 0.1) is 6.92 Å². The van der Waals surface area contributed by atoms with Crippen molar-refractivity contribution in [3.05, 3.63) is 192 Å². The Balaban J connectivity index is 1.16. The average Bonchev–Trinajstić information content (AvgIpc) is 3.24. The number of benzene rings is 9. The van der Waals surface area contributed by atoms with Gasteiger partial charge in [-0.2, -0.15) is 39.5 Å². The molecule has 0 atom stereocenters. The van der Waals surface area contributed by atoms with Crippen molar-refractivity contribution in [1.29, 1.82) is 0 Å². The number of rotatable bonds is 7. The van der Waals surface area contributed by atoms with E-state index in [1.807, 2.05) is 109 Å². The molecule has 2 nitrogen and oxygen atoms in total. The van der Waals surface area contributed by atoms with Crippen molar-refractivity contribution < 1.29 is 39.5 Å². The van der Waals surface area contributed by atoms with Gasteiger partial charge in [0.15, 0.2) is 0 Å². The zero-order chi connectivity index (χ0) is 42.8. The predicted molar refractivity (Wildman–Crippen MR) is 225 cm³/mol. The molecule has 0 aliphatic carbocycles. The standard InChI is InChI=1S/C50H31F9N2/c1-30-2-16-37(17-3-30)60(39-20-10-34(11-21-39)48(51,52)53)38-18-4-31(5-19-38)42-26-6-32-8-28-44-45(29-9-33-7-27-43(42)46(32)47(33)44)61(40-22-12-35(13-23-40)49(54,55)56)41-24-14-36(15-25-41)50(57,58)59/h2-29H,1H3. The van der Waals surface area contributed by atoms with Gasteiger partial charge in [-0.25, -0.2) is 0 Å². The first-order chi connectivity index (χ1) is 29.0. The van der Waals surface area contributed by atoms with Gasteiger partial charge in [0.1, 0.15) is 0 Å². The van der Waals surface area contributed by atoms with Crippen molar-refractivity contribution in [3.63, 3.8) is 0 Å². The van der Waals surface area contributed by atoms with Crippen LogP contribution < -0.4 is 9.80 Å². The van der Waals surface area contributed by atoms with Crippen molar-refractivity contribution in [1.82, 2.24) is 0 Å². The smallest absolute Gasteiger partial charge is 0.311 e. The van der Waals surface area contributed by atoms with Gasteiger partial charge in [0.2, 0.25) is 0 Å². The SMILES string of the molecule is Cc1ccc(N(c2ccc(-c3ccc4ccc5c(N(c6ccc(C(F)(F)F)cc6)c6ccc(C(F)(F)F)cc6)ccc6ccc3c4c65)cc2)c2ccc(C(F)(F)F)cc2)cc1. The molecule has 0 aromatic heterocycles. The summed E-state index contributed by atoms with van der Waals surface area (Å²) in [7, 11) is 0. The van der Waals surface area contributed by atoms with Crippen molar-refractivity contribution in [2.45, 2.75) is 25.5 Å². The number of aryl methyl sites for hydroxylation is 1. The van der Waals surface area contributed by atoms with Crippen LogP contribution in [0.25, 0.3) is 43.4 Å². The lowest BCUT2D eigenvalue weighted by Crippen LogP contribution is -2.12. The largest absolute Gasteiger partial charge is 0.416 e. The van der Waals surface area contributed by atoms with Crippen LogP contribution in [0.4, 0.5) is 73.6 Å². The van der Waals surface area contributed by atoms with Gasteiger partial charge in [-0.1, -0.05) is 72.3 Å². The van der Waals surface area contributed by atoms with E-state index in [1.165, 1.54) is 36.4 Å². The molecule has 304 valence electrons. The highest BCUT2D eigenvalue weighted by Gasteiger charge is 2.33. The van der Waals surface area contributed by atoms with Gasteiger partial charge in [0.05, 0.1) is 22.4 Å². The summed E-state index contributed by atoms with van der Waals surface area (Å²) in [6, 6.07) is 45.0. The Bertz CT molecular complexity index is 2950. The molecule has 0 N–H and O–H groups in total. The van der Waals surface area contributed by atoms with Crippen LogP contribution in [0.2, 0.25) is 0 Å². The Labute approximate surface area is 343 Å². The average molecular weight is 831 g/mol. The Morgan fingerprint density at radius 2 is 0.672 bits per heavy atom. The molecule has 0 bridgehead atoms. The fourth-order valence-corrected chi connectivity index (χ4v) is 7.99. The summed E-state index contributed by atoms with van der Waals surface area (Å²) in [4.78, 5) is 3.54. The molecule has 61 heavy (non-hydrogen) atoms. The molecule has 0 spiro atoms. The maximum atomic E-state index is 13.6. The molecular formula is C50H31F9N2. The monoisotopic (exact) mass is 830 g/mol. The van der Waals surface area contributed by atoms with E-state index in [4.69, 9.17) is 0 Å². The predicted octanol–water partition coefficient (Wildman–Crippen LogP) is 16.6. The Morgan fingerprint density at radius 1 is 0.328 bits per heavy atom. The number of alkyl halides is 9. The number of hydrogen-bond donors (Lipinski definition) is 0. The number of nitrogens with zero attached hydrogens (tertiary/aromatic N) is 2. The minimum absolute atomic E-state index is 0.319. The quantitative estimate of drug-likeness (QED) is 0.117. The number of anilines is 6. The highest BCUT2D eigenvalue weighted by atomic mass is 19.4. The molecule has 0 unspecified atom stereocenters. The minimum atomic E-state index is -4.59. The second-order valence-electron chi connectivity index (χ2n) is 14.8. The van der Waals surface area contributed by atoms with E-state index in [9.17, 15) is 39.5 Å². The van der Waals surface area contributed by atoms with Gasteiger partial charge in [0, 0.05) is 33.8 Å². The Kier molecular flexibility index (Phi) is 9.45. The first-order valence-electron chi connectivity index (χ1n) is 19.0. The summed E-state index contributed by atoms with van der Waals surface area (Å²) in [5, 5.41) is 5.23. The van der Waals surface area contributed by atoms with Crippen LogP contribution in [-0.4, -0.2) is 0 Å². The van der Waals surface area contributed by atoms with Gasteiger partial charge < -0.3 is 9.80 Å². The molecule has 9 aromatic carbocycles. The van der Waals surface area contributed by atoms with Gasteiger partial charge in [0.25, 0.3) is 0 Å². The number of halogens is 9. The summed E-state index contributed by atoms with van der Waals surface area (Å²) in [5.74, 6) is 0. The summed E-state index contributed by atoms with van der Waals surface area (Å²) >= 11 is 0. The van der Waals surface area contributed by atoms with E-state index in [-0.39, 0.29) is 0 Å². The molecule has 11 heteroatoms. The molecule has 9 aromatic rings. The first-order valence-corrected chi connectivity index (χ1v) is 19.0. The van der Waals surface area contributed by atoms with E-state index in [2.05, 4.69) is 0 Å². The lowest BCUT2D eigenvalue weighted by molar-refractivity contribution is -0.138. The van der Waals surface area contributed by atoms with E-state index in [1.54, 1.807) is 4.90 Å². The molecule has 9 rings (SSSR count). The van der Waals surface area contributed by atoms with Crippen molar-refractivity contribution in [2.24, 2.45) is 0 Å². The molecule has 0 saturated carbocycles. The van der Waals surface area contributed by atoms with Crippen LogP contribution in [0.15, 0.2) is 170 Å². The molecule has 0 heterocycles. The third-order valence-electron chi connectivity index (χ3n) is 11.0. The molecule has 0 aliphatic heterocycles. The van der Waals surface area contributed by atoms with Crippen LogP contribution in [-0.2, 0) is 18.5 Å². The minimum Gasteiger partial charge on any atom is -0.311 e. The maximum Gasteiger partial charge on any atom is 0.416 e. The maximum absolute atomic E-state index is 13.6. The zero-order valence-electron chi connectivity index (χ0n) is 32.0. The molecule has 0 fully saturated rings. The summed E-state index contributed by atoms with van der Waals surface area (Å²) in [6.45, 7) is 1.95. The van der Waals surface area contributed by atoms with Crippen LogP contribution in [0.5, 0.6) is 0 Å². The molecule has 0 amide bonds. The van der Waals surface area contributed by atoms with Crippen LogP contribution in [0.1, 0.15) is 22.3 Å². The van der Waals surface area contributed by atoms with Crippen molar-refractivity contribution in [2.75, 3.05) is 9.80 Å². The molecule has 0 radical (unpaired) electrons. The first kappa shape index (κ1) is 39.5. The Morgan fingerprint density at radius 3 is 1.11 bits per heavy atom. The normalized spacial score (nSPS) is 12.4. The summed E-state index contributed by atoms with van der Waals surface area (Å²) in [6.07, 6.45) is -13.7. The summed E-state index contributed by atoms with van der Waals surface area (Å²) < 4.78 is 122.